The third-order valence-electron chi connectivity index (χ3n) is 12.1. The van der Waals surface area contributed by atoms with Gasteiger partial charge in [-0.25, -0.2) is 13.9 Å². The number of hydrogen-bond acceptors (Lipinski definition) is 18. The largest absolute Gasteiger partial charge is 0.481 e. The number of nitrogen functional groups attached to an aromatic ring is 1. The molecule has 2 unspecified atom stereocenters. The number of hydrogen-bond donors (Lipinski definition) is 7. The van der Waals surface area contributed by atoms with Gasteiger partial charge in [0.2, 0.25) is 0 Å². The van der Waals surface area contributed by atoms with Crippen LogP contribution in [0.2, 0.25) is 0 Å². The molecular formula is C52H81N3O18P2. The molecular weight excluding hydrogens is 1020 g/mol. The number of rotatable bonds is 22. The van der Waals surface area contributed by atoms with Gasteiger partial charge in [0.25, 0.3) is 0 Å². The van der Waals surface area contributed by atoms with Crippen LogP contribution in [0, 0.1) is 11.8 Å². The molecule has 2 aliphatic heterocycles. The molecule has 3 heterocycles. The van der Waals surface area contributed by atoms with Crippen LogP contribution in [0.15, 0.2) is 90.0 Å². The molecule has 422 valence electrons. The van der Waals surface area contributed by atoms with Gasteiger partial charge in [-0.3, -0.25) is 28.0 Å². The average Bonchev–Trinajstić information content (AvgIpc) is 3.35. The number of nitrogens with two attached hydrogens (primary N) is 1. The van der Waals surface area contributed by atoms with Crippen molar-refractivity contribution in [3.8, 4) is 0 Å². The summed E-state index contributed by atoms with van der Waals surface area (Å²) in [5, 5.41) is 45.7. The van der Waals surface area contributed by atoms with Gasteiger partial charge >= 0.3 is 33.3 Å². The molecule has 0 aliphatic carbocycles. The van der Waals surface area contributed by atoms with Gasteiger partial charge in [-0.15, -0.1) is 0 Å². The second kappa shape index (κ2) is 36.0. The molecule has 0 spiro atoms. The maximum absolute atomic E-state index is 14.0. The lowest BCUT2D eigenvalue weighted by molar-refractivity contribution is -0.186. The van der Waals surface area contributed by atoms with Crippen LogP contribution in [0.1, 0.15) is 142 Å². The van der Waals surface area contributed by atoms with Crippen LogP contribution in [-0.4, -0.2) is 114 Å². The van der Waals surface area contributed by atoms with E-state index < -0.39 is 120 Å². The third-order valence-corrected chi connectivity index (χ3v) is 14.7. The Labute approximate surface area is 440 Å². The quantitative estimate of drug-likeness (QED) is 0.0256. The van der Waals surface area contributed by atoms with E-state index >= 15 is 0 Å². The van der Waals surface area contributed by atoms with E-state index in [2.05, 4.69) is 46.6 Å². The second-order valence-corrected chi connectivity index (χ2v) is 21.5. The molecule has 1 saturated heterocycles. The monoisotopic (exact) mass is 1100 g/mol. The molecule has 3 rings (SSSR count). The zero-order chi connectivity index (χ0) is 55.1. The molecule has 0 radical (unpaired) electrons. The lowest BCUT2D eigenvalue weighted by Crippen LogP contribution is -2.51. The highest BCUT2D eigenvalue weighted by molar-refractivity contribution is 7.61. The van der Waals surface area contributed by atoms with Crippen LogP contribution in [-0.2, 0) is 51.1 Å². The summed E-state index contributed by atoms with van der Waals surface area (Å²) < 4.78 is 58.9. The number of aromatic nitrogens is 2. The maximum atomic E-state index is 14.0. The lowest BCUT2D eigenvalue weighted by Gasteiger charge is -2.39. The van der Waals surface area contributed by atoms with Gasteiger partial charge < -0.3 is 50.2 Å². The molecule has 11 atom stereocenters. The molecule has 1 aromatic rings. The van der Waals surface area contributed by atoms with Crippen LogP contribution >= 0.6 is 15.6 Å². The summed E-state index contributed by atoms with van der Waals surface area (Å²) in [7, 11) is -11.4. The van der Waals surface area contributed by atoms with Crippen LogP contribution in [0.4, 0.5) is 5.82 Å². The van der Waals surface area contributed by atoms with Crippen LogP contribution in [0.5, 0.6) is 0 Å². The van der Waals surface area contributed by atoms with Crippen LogP contribution < -0.4 is 11.4 Å². The number of phosphoric acid groups is 2. The highest BCUT2D eigenvalue weighted by Gasteiger charge is 2.45. The Hall–Kier alpha value is -4.21. The topological polar surface area (TPSA) is 323 Å². The smallest absolute Gasteiger partial charge is 0.462 e. The number of esters is 2. The number of allylic oxidation sites excluding steroid dienone is 10. The Morgan fingerprint density at radius 1 is 0.853 bits per heavy atom. The standard InChI is InChI=1S/C52H81N3O18P2/c1-3-5-7-8-9-10-11-12-13-14-15-16-17-18-19-20-26-30-48(60)71-40-36-68-47(59)29-25-22-21-24-28-42-44(58)35-43(57)41(32-31-39(56)27-23-6-4-2)49(61)50(62)45(38-70-75(66,67)73-74(64,65)69-37-40)72-51(42)55-34-33-46(53)54-52(55)63/h9-10,12-13,15-16,18-19,21,24,31-34,39-42,44-45,49-51,56,58,61-62H,3-8,11,14,17,20,22-23,25-30,35-38H2,1-2H3,(H,64,65)(H,66,67)(H2,53,54,63)/b10-9-,13-12-,16-15-,19-18-,24-21-,32-31+/t39-,40+,41-,42-,44-,45+,49-,50+,51+/m0/s1. The van der Waals surface area contributed by atoms with Crippen LogP contribution in [0.3, 0.4) is 0 Å². The first kappa shape index (κ1) is 65.1. The molecule has 75 heavy (non-hydrogen) atoms. The summed E-state index contributed by atoms with van der Waals surface area (Å²) in [5.41, 5.74) is 4.74. The number of fused-ring (bicyclic) bond motifs is 3. The highest BCUT2D eigenvalue weighted by atomic mass is 31.3. The first-order chi connectivity index (χ1) is 35.9. The predicted octanol–water partition coefficient (Wildman–Crippen LogP) is 7.48. The van der Waals surface area contributed by atoms with E-state index in [1.54, 1.807) is 12.2 Å². The van der Waals surface area contributed by atoms with Gasteiger partial charge in [-0.05, 0) is 76.7 Å². The lowest BCUT2D eigenvalue weighted by atomic mass is 9.83. The molecule has 23 heteroatoms. The van der Waals surface area contributed by atoms with E-state index in [0.29, 0.717) is 32.1 Å². The predicted molar refractivity (Wildman–Crippen MR) is 280 cm³/mol. The maximum Gasteiger partial charge on any atom is 0.481 e. The Kier molecular flexibility index (Phi) is 31.2. The van der Waals surface area contributed by atoms with E-state index in [0.717, 1.165) is 42.9 Å². The molecule has 0 saturated carbocycles. The zero-order valence-corrected chi connectivity index (χ0v) is 45.1. The molecule has 2 aliphatic rings. The van der Waals surface area contributed by atoms with Gasteiger partial charge in [-0.2, -0.15) is 9.29 Å². The van der Waals surface area contributed by atoms with Gasteiger partial charge in [0.15, 0.2) is 6.10 Å². The normalized spacial score (nSPS) is 29.5. The fraction of sp³-hybridized carbons (Fsp3) is 0.635. The van der Waals surface area contributed by atoms with Gasteiger partial charge in [0, 0.05) is 31.4 Å². The number of unbranched alkanes of at least 4 members (excludes halogenated alkanes) is 6. The van der Waals surface area contributed by atoms with Crippen molar-refractivity contribution in [1.29, 1.82) is 0 Å². The number of phosphoric ester groups is 2. The number of carbonyl (C=O) groups excluding carboxylic acids is 3. The van der Waals surface area contributed by atoms with Crippen molar-refractivity contribution in [2.45, 2.75) is 179 Å². The van der Waals surface area contributed by atoms with Crippen molar-refractivity contribution in [2.75, 3.05) is 25.6 Å². The fourth-order valence-electron chi connectivity index (χ4n) is 7.94. The van der Waals surface area contributed by atoms with Crippen molar-refractivity contribution >= 4 is 39.2 Å². The van der Waals surface area contributed by atoms with Gasteiger partial charge in [0.1, 0.15) is 36.6 Å². The summed E-state index contributed by atoms with van der Waals surface area (Å²) in [6.07, 6.45) is 21.6. The Morgan fingerprint density at radius 2 is 1.48 bits per heavy atom. The summed E-state index contributed by atoms with van der Waals surface area (Å²) in [6, 6.07) is 1.22. The van der Waals surface area contributed by atoms with Gasteiger partial charge in [0.05, 0.1) is 37.4 Å². The number of ketones is 1. The van der Waals surface area contributed by atoms with E-state index in [-0.39, 0.29) is 37.9 Å². The second-order valence-electron chi connectivity index (χ2n) is 18.4. The van der Waals surface area contributed by atoms with E-state index in [1.807, 2.05) is 25.2 Å². The molecule has 21 nitrogen and oxygen atoms in total. The van der Waals surface area contributed by atoms with Crippen molar-refractivity contribution < 1.29 is 81.3 Å². The summed E-state index contributed by atoms with van der Waals surface area (Å²) >= 11 is 0. The van der Waals surface area contributed by atoms with Gasteiger partial charge in [-0.1, -0.05) is 119 Å². The van der Waals surface area contributed by atoms with Crippen molar-refractivity contribution in [1.82, 2.24) is 9.55 Å². The minimum atomic E-state index is -5.74. The molecule has 8 N–H and O–H groups in total. The number of nitrogens with zero attached hydrogens (tertiary/aromatic N) is 2. The van der Waals surface area contributed by atoms with Crippen molar-refractivity contribution in [3.05, 3.63) is 95.7 Å². The number of cyclic esters (lactones) is 1. The first-order valence-corrected chi connectivity index (χ1v) is 29.0. The molecule has 1 fully saturated rings. The van der Waals surface area contributed by atoms with Crippen molar-refractivity contribution in [2.24, 2.45) is 11.8 Å². The van der Waals surface area contributed by atoms with E-state index in [1.165, 1.54) is 37.5 Å². The van der Waals surface area contributed by atoms with E-state index in [9.17, 15) is 58.5 Å². The SMILES string of the molecule is CCCCC/C=C\C/C=C\C/C=C\C/C=C\CCCC(=O)O[C@@H]1COC(=O)CCC/C=C\C[C@@H]2[C@H](n3ccc(N)nc3=O)O[C@H](COP(=O)(O)OP(=O)(O)OC1)[C@@H](O)[C@@H](O)[C@@H](/C=C/[C@@H](O)CCCCC)C(=O)C[C@@H]2O. The molecule has 2 bridgehead atoms. The Balaban J connectivity index is 1.80. The summed E-state index contributed by atoms with van der Waals surface area (Å²) in [5.74, 6) is -5.33. The number of anilines is 1. The molecule has 0 aromatic carbocycles. The highest BCUT2D eigenvalue weighted by Crippen LogP contribution is 2.60. The van der Waals surface area contributed by atoms with Crippen molar-refractivity contribution in [3.63, 3.8) is 0 Å². The minimum Gasteiger partial charge on any atom is -0.462 e. The Bertz CT molecular complexity index is 2210. The number of aliphatic hydroxyl groups excluding tert-OH is 4. The number of ether oxygens (including phenoxy) is 3. The fourth-order valence-corrected chi connectivity index (χ4v) is 10.1. The summed E-state index contributed by atoms with van der Waals surface area (Å²) in [4.78, 5) is 78.1. The zero-order valence-electron chi connectivity index (χ0n) is 43.3. The minimum absolute atomic E-state index is 0.0834. The molecule has 0 amide bonds. The molecule has 1 aromatic heterocycles. The number of Topliss-reactive ketones (excluding diaryl/α,β-unsaturated/α-hetero) is 1. The number of carbonyl (C=O) groups is 3. The summed E-state index contributed by atoms with van der Waals surface area (Å²) in [6.45, 7) is 1.34. The number of aliphatic hydroxyl groups is 4. The average molecular weight is 1100 g/mol. The Morgan fingerprint density at radius 3 is 2.13 bits per heavy atom. The first-order valence-electron chi connectivity index (χ1n) is 26.1. The van der Waals surface area contributed by atoms with E-state index in [4.69, 9.17) is 29.0 Å². The van der Waals surface area contributed by atoms with Crippen LogP contribution in [0.25, 0.3) is 0 Å². The third kappa shape index (κ3) is 26.6.